The van der Waals surface area contributed by atoms with Crippen molar-refractivity contribution in [2.24, 2.45) is 5.73 Å². The molecule has 1 atom stereocenters. The number of aryl methyl sites for hydroxylation is 2. The van der Waals surface area contributed by atoms with Crippen molar-refractivity contribution in [1.29, 1.82) is 0 Å². The second-order valence-corrected chi connectivity index (χ2v) is 6.13. The van der Waals surface area contributed by atoms with Gasteiger partial charge in [-0.2, -0.15) is 5.10 Å². The molecule has 0 bridgehead atoms. The first-order chi connectivity index (χ1) is 9.43. The van der Waals surface area contributed by atoms with Gasteiger partial charge in [-0.1, -0.05) is 23.2 Å². The van der Waals surface area contributed by atoms with Crippen molar-refractivity contribution in [2.75, 3.05) is 0 Å². The molecule has 0 aliphatic heterocycles. The number of hydrogen-bond acceptors (Lipinski definition) is 3. The average molecular weight is 378 g/mol. The van der Waals surface area contributed by atoms with Crippen molar-refractivity contribution in [2.45, 2.75) is 32.9 Å². The third-order valence-corrected chi connectivity index (χ3v) is 4.59. The highest BCUT2D eigenvalue weighted by atomic mass is 79.9. The number of pyridine rings is 1. The van der Waals surface area contributed by atoms with Crippen molar-refractivity contribution in [1.82, 2.24) is 14.8 Å². The maximum Gasteiger partial charge on any atom is 0.0761 e. The molecule has 2 aromatic heterocycles. The Morgan fingerprint density at radius 1 is 1.45 bits per heavy atom. The van der Waals surface area contributed by atoms with Crippen molar-refractivity contribution in [3.05, 3.63) is 43.9 Å². The fourth-order valence-electron chi connectivity index (χ4n) is 2.07. The smallest absolute Gasteiger partial charge is 0.0761 e. The molecule has 108 valence electrons. The van der Waals surface area contributed by atoms with Gasteiger partial charge in [-0.15, -0.1) is 0 Å². The van der Waals surface area contributed by atoms with Gasteiger partial charge in [0.2, 0.25) is 0 Å². The minimum absolute atomic E-state index is 0.308. The minimum atomic E-state index is -0.308. The molecule has 0 saturated carbocycles. The van der Waals surface area contributed by atoms with Crippen molar-refractivity contribution >= 4 is 39.1 Å². The van der Waals surface area contributed by atoms with Crippen LogP contribution >= 0.6 is 39.1 Å². The van der Waals surface area contributed by atoms with Crippen LogP contribution in [0.1, 0.15) is 30.0 Å². The molecular formula is C13H15BrCl2N4. The summed E-state index contributed by atoms with van der Waals surface area (Å²) in [6.45, 7) is 4.79. The first kappa shape index (κ1) is 15.8. The maximum absolute atomic E-state index is 6.23. The van der Waals surface area contributed by atoms with Crippen molar-refractivity contribution in [3.63, 3.8) is 0 Å². The standard InChI is InChI=1S/C13H15BrCl2N4/c1-3-20-11(12(14)7(2)19-20)5-10(17)13-9(16)4-8(15)6-18-13/h4,6,10H,3,5,17H2,1-2H3. The summed E-state index contributed by atoms with van der Waals surface area (Å²) >= 11 is 15.6. The predicted molar refractivity (Wildman–Crippen MR) is 85.2 cm³/mol. The Morgan fingerprint density at radius 2 is 2.15 bits per heavy atom. The molecule has 4 nitrogen and oxygen atoms in total. The Morgan fingerprint density at radius 3 is 2.75 bits per heavy atom. The van der Waals surface area contributed by atoms with Gasteiger partial charge in [0, 0.05) is 19.2 Å². The fraction of sp³-hybridized carbons (Fsp3) is 0.385. The Balaban J connectivity index is 2.30. The van der Waals surface area contributed by atoms with Gasteiger partial charge >= 0.3 is 0 Å². The maximum atomic E-state index is 6.23. The first-order valence-corrected chi connectivity index (χ1v) is 7.77. The van der Waals surface area contributed by atoms with Crippen LogP contribution in [0.25, 0.3) is 0 Å². The molecular weight excluding hydrogens is 363 g/mol. The summed E-state index contributed by atoms with van der Waals surface area (Å²) in [7, 11) is 0. The van der Waals surface area contributed by atoms with E-state index in [4.69, 9.17) is 28.9 Å². The topological polar surface area (TPSA) is 56.7 Å². The van der Waals surface area contributed by atoms with Crippen LogP contribution in [0.2, 0.25) is 10.0 Å². The number of rotatable bonds is 4. The van der Waals surface area contributed by atoms with E-state index in [1.54, 1.807) is 12.3 Å². The first-order valence-electron chi connectivity index (χ1n) is 6.22. The van der Waals surface area contributed by atoms with E-state index in [9.17, 15) is 0 Å². The number of aromatic nitrogens is 3. The third kappa shape index (κ3) is 3.17. The van der Waals surface area contributed by atoms with Crippen molar-refractivity contribution in [3.8, 4) is 0 Å². The summed E-state index contributed by atoms with van der Waals surface area (Å²) < 4.78 is 2.92. The van der Waals surface area contributed by atoms with Crippen LogP contribution in [-0.4, -0.2) is 14.8 Å². The van der Waals surface area contributed by atoms with E-state index >= 15 is 0 Å². The van der Waals surface area contributed by atoms with Gasteiger partial charge in [-0.3, -0.25) is 9.67 Å². The molecule has 2 heterocycles. The van der Waals surface area contributed by atoms with Crippen LogP contribution < -0.4 is 5.73 Å². The van der Waals surface area contributed by atoms with Crippen LogP contribution in [0.3, 0.4) is 0 Å². The summed E-state index contributed by atoms with van der Waals surface area (Å²) in [4.78, 5) is 4.23. The van der Waals surface area contributed by atoms with Crippen LogP contribution in [-0.2, 0) is 13.0 Å². The van der Waals surface area contributed by atoms with E-state index in [1.165, 1.54) is 0 Å². The molecule has 0 amide bonds. The van der Waals surface area contributed by atoms with Gasteiger partial charge in [0.15, 0.2) is 0 Å². The highest BCUT2D eigenvalue weighted by Crippen LogP contribution is 2.28. The molecule has 0 aromatic carbocycles. The zero-order chi connectivity index (χ0) is 14.9. The summed E-state index contributed by atoms with van der Waals surface area (Å²) in [5, 5.41) is 5.44. The molecule has 1 unspecified atom stereocenters. The molecule has 0 radical (unpaired) electrons. The van der Waals surface area contributed by atoms with Crippen molar-refractivity contribution < 1.29 is 0 Å². The molecule has 0 spiro atoms. The molecule has 7 heteroatoms. The van der Waals surface area contributed by atoms with Gasteiger partial charge in [-0.25, -0.2) is 0 Å². The molecule has 0 fully saturated rings. The second kappa shape index (κ2) is 6.43. The Hall–Kier alpha value is -0.620. The predicted octanol–water partition coefficient (Wildman–Crippen LogP) is 3.92. The van der Waals surface area contributed by atoms with Crippen LogP contribution in [0, 0.1) is 6.92 Å². The normalized spacial score (nSPS) is 12.7. The molecule has 0 aliphatic carbocycles. The van der Waals surface area contributed by atoms with Gasteiger partial charge < -0.3 is 5.73 Å². The van der Waals surface area contributed by atoms with Crippen LogP contribution in [0.5, 0.6) is 0 Å². The quantitative estimate of drug-likeness (QED) is 0.878. The number of halogens is 3. The number of hydrogen-bond donors (Lipinski definition) is 1. The Kier molecular flexibility index (Phi) is 5.07. The zero-order valence-electron chi connectivity index (χ0n) is 11.2. The largest absolute Gasteiger partial charge is 0.322 e. The Labute approximate surface area is 136 Å². The number of nitrogens with zero attached hydrogens (tertiary/aromatic N) is 3. The van der Waals surface area contributed by atoms with Crippen LogP contribution in [0.4, 0.5) is 0 Å². The highest BCUT2D eigenvalue weighted by Gasteiger charge is 2.19. The lowest BCUT2D eigenvalue weighted by Crippen LogP contribution is -2.18. The molecule has 2 N–H and O–H groups in total. The lowest BCUT2D eigenvalue weighted by molar-refractivity contribution is 0.581. The minimum Gasteiger partial charge on any atom is -0.322 e. The summed E-state index contributed by atoms with van der Waals surface area (Å²) in [6.07, 6.45) is 2.16. The van der Waals surface area contributed by atoms with Gasteiger partial charge in [0.1, 0.15) is 0 Å². The molecule has 0 aliphatic rings. The zero-order valence-corrected chi connectivity index (χ0v) is 14.3. The van der Waals surface area contributed by atoms with Crippen LogP contribution in [0.15, 0.2) is 16.7 Å². The summed E-state index contributed by atoms with van der Waals surface area (Å²) in [5.41, 5.74) is 8.87. The summed E-state index contributed by atoms with van der Waals surface area (Å²) in [6, 6.07) is 1.35. The molecule has 2 aromatic rings. The van der Waals surface area contributed by atoms with E-state index < -0.39 is 0 Å². The van der Waals surface area contributed by atoms with E-state index in [2.05, 4.69) is 26.0 Å². The number of nitrogens with two attached hydrogens (primary N) is 1. The lowest BCUT2D eigenvalue weighted by Gasteiger charge is -2.14. The summed E-state index contributed by atoms with van der Waals surface area (Å²) in [5.74, 6) is 0. The highest BCUT2D eigenvalue weighted by molar-refractivity contribution is 9.10. The molecule has 2 rings (SSSR count). The molecule has 0 saturated heterocycles. The van der Waals surface area contributed by atoms with E-state index in [0.29, 0.717) is 22.2 Å². The second-order valence-electron chi connectivity index (χ2n) is 4.49. The van der Waals surface area contributed by atoms with E-state index in [1.807, 2.05) is 18.5 Å². The van der Waals surface area contributed by atoms with Gasteiger partial charge in [0.05, 0.1) is 37.6 Å². The SMILES string of the molecule is CCn1nc(C)c(Br)c1CC(N)c1ncc(Cl)cc1Cl. The average Bonchev–Trinajstić information content (AvgIpc) is 2.66. The molecule has 20 heavy (non-hydrogen) atoms. The van der Waals surface area contributed by atoms with Gasteiger partial charge in [-0.05, 0) is 35.8 Å². The third-order valence-electron chi connectivity index (χ3n) is 3.05. The monoisotopic (exact) mass is 376 g/mol. The fourth-order valence-corrected chi connectivity index (χ4v) is 3.03. The Bertz CT molecular complexity index is 627. The van der Waals surface area contributed by atoms with E-state index in [-0.39, 0.29) is 6.04 Å². The van der Waals surface area contributed by atoms with E-state index in [0.717, 1.165) is 22.4 Å². The lowest BCUT2D eigenvalue weighted by atomic mass is 10.1. The van der Waals surface area contributed by atoms with Gasteiger partial charge in [0.25, 0.3) is 0 Å².